The summed E-state index contributed by atoms with van der Waals surface area (Å²) in [5, 5.41) is 0. The van der Waals surface area contributed by atoms with Crippen LogP contribution in [0.25, 0.3) is 0 Å². The molecule has 0 aromatic heterocycles. The summed E-state index contributed by atoms with van der Waals surface area (Å²) in [5.41, 5.74) is 0. The van der Waals surface area contributed by atoms with Crippen LogP contribution in [0.2, 0.25) is 0 Å². The van der Waals surface area contributed by atoms with Gasteiger partial charge < -0.3 is 0 Å². The molecule has 0 spiro atoms. The first-order valence-corrected chi connectivity index (χ1v) is 1.64. The summed E-state index contributed by atoms with van der Waals surface area (Å²) in [4.78, 5) is 0. The molecule has 0 unspecified atom stereocenters. The Morgan fingerprint density at radius 2 is 1.20 bits per heavy atom. The van der Waals surface area contributed by atoms with Gasteiger partial charge in [0.25, 0.3) is 0 Å². The Hall–Kier alpha value is 1.88. The van der Waals surface area contributed by atoms with Crippen LogP contribution in [0.5, 0.6) is 0 Å². The van der Waals surface area contributed by atoms with E-state index in [1.54, 1.807) is 0 Å². The van der Waals surface area contributed by atoms with Crippen molar-refractivity contribution in [1.29, 1.82) is 0 Å². The van der Waals surface area contributed by atoms with E-state index in [-0.39, 0.29) is 47.4 Å². The quantitative estimate of drug-likeness (QED) is 0.356. The van der Waals surface area contributed by atoms with Gasteiger partial charge in [0.2, 0.25) is 0 Å². The van der Waals surface area contributed by atoms with E-state index in [2.05, 4.69) is 19.8 Å². The van der Waals surface area contributed by atoms with E-state index in [9.17, 15) is 0 Å². The summed E-state index contributed by atoms with van der Waals surface area (Å²) < 4.78 is 0. The van der Waals surface area contributed by atoms with E-state index in [1.165, 1.54) is 0 Å². The zero-order valence-electron chi connectivity index (χ0n) is 2.86. The summed E-state index contributed by atoms with van der Waals surface area (Å²) in [5.74, 6) is 0. The first-order chi connectivity index (χ1) is 1.00. The van der Waals surface area contributed by atoms with Crippen molar-refractivity contribution >= 4 is 67.2 Å². The summed E-state index contributed by atoms with van der Waals surface area (Å²) in [6.07, 6.45) is 0. The van der Waals surface area contributed by atoms with Crippen LogP contribution in [-0.4, -0.2) is 47.4 Å². The van der Waals surface area contributed by atoms with Crippen LogP contribution in [0.4, 0.5) is 0 Å². The van der Waals surface area contributed by atoms with E-state index in [0.717, 1.165) is 0 Å². The molecule has 0 aliphatic heterocycles. The summed E-state index contributed by atoms with van der Waals surface area (Å²) >= 11 is 3.78. The number of rotatable bonds is 0. The second kappa shape index (κ2) is 39.7. The molecule has 0 heterocycles. The zero-order valence-corrected chi connectivity index (χ0v) is 7.66. The molecule has 0 aromatic rings. The number of hydrogen-bond donors (Lipinski definition) is 0. The third kappa shape index (κ3) is 25.1. The second-order valence-corrected chi connectivity index (χ2v) is 0. The summed E-state index contributed by atoms with van der Waals surface area (Å²) in [6.45, 7) is 0. The predicted octanol–water partition coefficient (Wildman–Crippen LogP) is -0.284. The zero-order chi connectivity index (χ0) is 2.00. The standard InChI is InChI=1S/Ge.Li.PS.Si/c;;1-2;. The summed E-state index contributed by atoms with van der Waals surface area (Å²) in [6, 6.07) is 0. The Labute approximate surface area is 66.9 Å². The summed E-state index contributed by atoms with van der Waals surface area (Å²) in [7, 11) is 3.11. The van der Waals surface area contributed by atoms with Gasteiger partial charge in [0.05, 0.1) is 0 Å². The molecule has 0 bridgehead atoms. The Morgan fingerprint density at radius 3 is 1.20 bits per heavy atom. The van der Waals surface area contributed by atoms with Crippen molar-refractivity contribution in [3.05, 3.63) is 0 Å². The van der Waals surface area contributed by atoms with Gasteiger partial charge in [-0.05, 0) is 11.8 Å². The van der Waals surface area contributed by atoms with Crippen molar-refractivity contribution in [2.45, 2.75) is 0 Å². The van der Waals surface area contributed by atoms with Crippen molar-refractivity contribution in [2.24, 2.45) is 0 Å². The van der Waals surface area contributed by atoms with Crippen LogP contribution in [-0.2, 0) is 11.8 Å². The fraction of sp³-hybridized carbons (Fsp3) is 0. The molecule has 5 heavy (non-hydrogen) atoms. The molecule has 20 valence electrons. The number of hydrogen-bond acceptors (Lipinski definition) is 1. The molecular formula is GeLiPSSi. The Bertz CT molecular complexity index is 11.6. The average molecular weight is 171 g/mol. The van der Waals surface area contributed by atoms with E-state index >= 15 is 0 Å². The maximum atomic E-state index is 3.78. The minimum Gasteiger partial charge on any atom is -0.0464 e. The van der Waals surface area contributed by atoms with Gasteiger partial charge in [-0.1, -0.05) is 0 Å². The minimum absolute atomic E-state index is 0. The molecule has 5 heteroatoms. The van der Waals surface area contributed by atoms with Crippen LogP contribution in [0.3, 0.4) is 0 Å². The van der Waals surface area contributed by atoms with Gasteiger partial charge in [-0.15, -0.1) is 0 Å². The molecular weight excluding hydrogens is 171 g/mol. The van der Waals surface area contributed by atoms with Crippen LogP contribution in [0.15, 0.2) is 0 Å². The molecule has 0 atom stereocenters. The topological polar surface area (TPSA) is 0 Å². The molecule has 10 radical (unpaired) electrons. The molecule has 0 rings (SSSR count). The molecule has 0 aromatic carbocycles. The molecule has 0 aliphatic carbocycles. The van der Waals surface area contributed by atoms with Gasteiger partial charge in [0.1, 0.15) is 0 Å². The van der Waals surface area contributed by atoms with Gasteiger partial charge in [-0.25, -0.2) is 0 Å². The minimum atomic E-state index is 0. The van der Waals surface area contributed by atoms with Gasteiger partial charge >= 0.3 is 0 Å². The Balaban J connectivity index is -0.00000000167. The van der Waals surface area contributed by atoms with Crippen molar-refractivity contribution in [2.75, 3.05) is 0 Å². The van der Waals surface area contributed by atoms with Crippen molar-refractivity contribution < 1.29 is 0 Å². The van der Waals surface area contributed by atoms with E-state index in [1.807, 2.05) is 0 Å². The molecule has 0 aliphatic rings. The largest absolute Gasteiger partial charge is 0.0464 e. The first-order valence-electron chi connectivity index (χ1n) is 0.183. The second-order valence-electron chi connectivity index (χ2n) is 0. The van der Waals surface area contributed by atoms with Crippen LogP contribution >= 0.6 is 8.02 Å². The monoisotopic (exact) mass is 172 g/mol. The van der Waals surface area contributed by atoms with Crippen molar-refractivity contribution in [3.8, 4) is 0 Å². The van der Waals surface area contributed by atoms with Crippen LogP contribution < -0.4 is 0 Å². The van der Waals surface area contributed by atoms with Gasteiger partial charge in [0.15, 0.2) is 0 Å². The Morgan fingerprint density at radius 1 is 1.20 bits per heavy atom. The smallest absolute Gasteiger partial charge is 0.0464 e. The fourth-order valence-corrected chi connectivity index (χ4v) is 0. The average Bonchev–Trinajstić information content (AvgIpc) is 1.00. The van der Waals surface area contributed by atoms with Crippen molar-refractivity contribution in [1.82, 2.24) is 0 Å². The first kappa shape index (κ1) is 28.7. The van der Waals surface area contributed by atoms with Gasteiger partial charge in [0, 0.05) is 55.4 Å². The van der Waals surface area contributed by atoms with Gasteiger partial charge in [-0.2, -0.15) is 0 Å². The Kier molecular flexibility index (Phi) is 228. The maximum Gasteiger partial charge on any atom is 0.0464 e. The van der Waals surface area contributed by atoms with E-state index in [4.69, 9.17) is 0 Å². The van der Waals surface area contributed by atoms with E-state index < -0.39 is 0 Å². The molecule has 0 saturated carbocycles. The third-order valence-corrected chi connectivity index (χ3v) is 0. The third-order valence-electron chi connectivity index (χ3n) is 0. The van der Waals surface area contributed by atoms with E-state index in [0.29, 0.717) is 0 Å². The molecule has 0 amide bonds. The SMILES string of the molecule is [Ge].[Li].[P]=S.[Si]. The molecule has 0 saturated heterocycles. The normalized spacial score (nSPS) is 0.800. The fourth-order valence-electron chi connectivity index (χ4n) is 0. The maximum absolute atomic E-state index is 3.78. The van der Waals surface area contributed by atoms with Gasteiger partial charge in [-0.3, -0.25) is 0 Å². The van der Waals surface area contributed by atoms with Crippen LogP contribution in [0.1, 0.15) is 0 Å². The van der Waals surface area contributed by atoms with Crippen LogP contribution in [0, 0.1) is 0 Å². The molecule has 0 fully saturated rings. The predicted molar refractivity (Wildman–Crippen MR) is 31.5 cm³/mol. The van der Waals surface area contributed by atoms with Crippen molar-refractivity contribution in [3.63, 3.8) is 0 Å². The molecule has 0 N–H and O–H groups in total. The molecule has 0 nitrogen and oxygen atoms in total.